The highest BCUT2D eigenvalue weighted by atomic mass is 16.5. The molecule has 0 bridgehead atoms. The summed E-state index contributed by atoms with van der Waals surface area (Å²) in [4.78, 5) is 6.65. The van der Waals surface area contributed by atoms with Gasteiger partial charge in [-0.3, -0.25) is 14.6 Å². The molecule has 3 heterocycles. The van der Waals surface area contributed by atoms with E-state index in [0.717, 1.165) is 43.1 Å². The molecule has 1 saturated heterocycles. The van der Waals surface area contributed by atoms with Crippen LogP contribution >= 0.6 is 0 Å². The Morgan fingerprint density at radius 3 is 2.93 bits per heavy atom. The van der Waals surface area contributed by atoms with Gasteiger partial charge in [0.1, 0.15) is 5.75 Å². The summed E-state index contributed by atoms with van der Waals surface area (Å²) in [5.74, 6) is 0.893. The fourth-order valence-electron chi connectivity index (χ4n) is 3.49. The maximum absolute atomic E-state index is 5.95. The van der Waals surface area contributed by atoms with Gasteiger partial charge >= 0.3 is 0 Å². The summed E-state index contributed by atoms with van der Waals surface area (Å²) in [6.07, 6.45) is 7.52. The summed E-state index contributed by atoms with van der Waals surface area (Å²) in [6, 6.07) is 12.4. The molecule has 1 aliphatic heterocycles. The molecule has 0 N–H and O–H groups in total. The quantitative estimate of drug-likeness (QED) is 0.673. The van der Waals surface area contributed by atoms with Crippen molar-refractivity contribution in [1.29, 1.82) is 0 Å². The number of rotatable bonds is 6. The van der Waals surface area contributed by atoms with Gasteiger partial charge in [0.15, 0.2) is 0 Å². The molecule has 1 atom stereocenters. The first-order valence-electron chi connectivity index (χ1n) is 9.19. The zero-order valence-electron chi connectivity index (χ0n) is 15.5. The molecule has 0 aliphatic carbocycles. The third kappa shape index (κ3) is 4.35. The molecular formula is C21H24N4O2. The largest absolute Gasteiger partial charge is 0.496 e. The number of ether oxygens (including phenoxy) is 2. The predicted octanol–water partition coefficient (Wildman–Crippen LogP) is 2.91. The number of aromatic nitrogens is 3. The van der Waals surface area contributed by atoms with E-state index in [1.165, 1.54) is 5.56 Å². The molecule has 1 aliphatic rings. The minimum Gasteiger partial charge on any atom is -0.496 e. The molecule has 6 nitrogen and oxygen atoms in total. The van der Waals surface area contributed by atoms with Gasteiger partial charge in [-0.2, -0.15) is 5.10 Å². The van der Waals surface area contributed by atoms with Crippen LogP contribution in [0.25, 0.3) is 0 Å². The third-order valence-corrected chi connectivity index (χ3v) is 4.85. The van der Waals surface area contributed by atoms with Crippen molar-refractivity contribution in [2.24, 2.45) is 0 Å². The maximum atomic E-state index is 5.95. The lowest BCUT2D eigenvalue weighted by molar-refractivity contribution is -0.0330. The summed E-state index contributed by atoms with van der Waals surface area (Å²) >= 11 is 0. The van der Waals surface area contributed by atoms with E-state index in [1.807, 2.05) is 35.3 Å². The van der Waals surface area contributed by atoms with Crippen molar-refractivity contribution < 1.29 is 9.47 Å². The van der Waals surface area contributed by atoms with Crippen molar-refractivity contribution in [3.63, 3.8) is 0 Å². The fourth-order valence-corrected chi connectivity index (χ4v) is 3.49. The van der Waals surface area contributed by atoms with Crippen LogP contribution in [0.3, 0.4) is 0 Å². The molecule has 0 radical (unpaired) electrons. The van der Waals surface area contributed by atoms with Gasteiger partial charge in [-0.05, 0) is 29.8 Å². The van der Waals surface area contributed by atoms with Crippen molar-refractivity contribution >= 4 is 0 Å². The number of hydrogen-bond acceptors (Lipinski definition) is 5. The van der Waals surface area contributed by atoms with Crippen molar-refractivity contribution in [2.45, 2.75) is 19.2 Å². The molecule has 4 rings (SSSR count). The predicted molar refractivity (Wildman–Crippen MR) is 103 cm³/mol. The van der Waals surface area contributed by atoms with Crippen LogP contribution in [0.5, 0.6) is 5.75 Å². The van der Waals surface area contributed by atoms with Crippen molar-refractivity contribution in [1.82, 2.24) is 19.7 Å². The van der Waals surface area contributed by atoms with E-state index in [9.17, 15) is 0 Å². The first kappa shape index (κ1) is 17.7. The average molecular weight is 364 g/mol. The Balaban J connectivity index is 1.47. The van der Waals surface area contributed by atoms with Crippen LogP contribution in [-0.4, -0.2) is 46.5 Å². The van der Waals surface area contributed by atoms with Crippen LogP contribution in [0.15, 0.2) is 61.2 Å². The molecule has 0 amide bonds. The number of nitrogens with zero attached hydrogens (tertiary/aromatic N) is 4. The topological polar surface area (TPSA) is 52.4 Å². The van der Waals surface area contributed by atoms with Crippen molar-refractivity contribution in [3.8, 4) is 5.75 Å². The van der Waals surface area contributed by atoms with Gasteiger partial charge in [-0.25, -0.2) is 0 Å². The Kier molecular flexibility index (Phi) is 5.46. The summed E-state index contributed by atoms with van der Waals surface area (Å²) in [5.41, 5.74) is 3.54. The second-order valence-electron chi connectivity index (χ2n) is 6.73. The highest BCUT2D eigenvalue weighted by Crippen LogP contribution is 2.25. The smallest absolute Gasteiger partial charge is 0.123 e. The van der Waals surface area contributed by atoms with Crippen LogP contribution in [0.4, 0.5) is 0 Å². The number of pyridine rings is 1. The standard InChI is InChI=1S/C21H24N4O2/c1-26-20-6-5-17(12-19(20)15-25-9-3-8-23-25)14-24-10-11-27-21(16-24)18-4-2-7-22-13-18/h2-9,12-13,21H,10-11,14-16H2,1H3. The fraction of sp³-hybridized carbons (Fsp3) is 0.333. The molecule has 140 valence electrons. The van der Waals surface area contributed by atoms with Gasteiger partial charge < -0.3 is 9.47 Å². The van der Waals surface area contributed by atoms with E-state index < -0.39 is 0 Å². The molecule has 27 heavy (non-hydrogen) atoms. The van der Waals surface area contributed by atoms with Crippen molar-refractivity contribution in [2.75, 3.05) is 26.8 Å². The highest BCUT2D eigenvalue weighted by Gasteiger charge is 2.22. The Morgan fingerprint density at radius 2 is 2.15 bits per heavy atom. The maximum Gasteiger partial charge on any atom is 0.123 e. The third-order valence-electron chi connectivity index (χ3n) is 4.85. The molecular weight excluding hydrogens is 340 g/mol. The van der Waals surface area contributed by atoms with Gasteiger partial charge in [-0.1, -0.05) is 12.1 Å². The van der Waals surface area contributed by atoms with Gasteiger partial charge in [0.05, 0.1) is 26.4 Å². The summed E-state index contributed by atoms with van der Waals surface area (Å²) in [6.45, 7) is 4.11. The van der Waals surface area contributed by atoms with E-state index in [2.05, 4.69) is 33.2 Å². The molecule has 6 heteroatoms. The van der Waals surface area contributed by atoms with Gasteiger partial charge in [0.2, 0.25) is 0 Å². The van der Waals surface area contributed by atoms with Crippen LogP contribution in [0.2, 0.25) is 0 Å². The lowest BCUT2D eigenvalue weighted by atomic mass is 10.1. The lowest BCUT2D eigenvalue weighted by Gasteiger charge is -2.33. The van der Waals surface area contributed by atoms with Gasteiger partial charge in [-0.15, -0.1) is 0 Å². The first-order chi connectivity index (χ1) is 13.3. The summed E-state index contributed by atoms with van der Waals surface area (Å²) < 4.78 is 13.4. The Morgan fingerprint density at radius 1 is 1.19 bits per heavy atom. The molecule has 0 spiro atoms. The van der Waals surface area contributed by atoms with Gasteiger partial charge in [0.25, 0.3) is 0 Å². The Bertz CT molecular complexity index is 852. The van der Waals surface area contributed by atoms with E-state index in [1.54, 1.807) is 19.5 Å². The summed E-state index contributed by atoms with van der Waals surface area (Å²) in [7, 11) is 1.71. The first-order valence-corrected chi connectivity index (χ1v) is 9.19. The molecule has 1 fully saturated rings. The summed E-state index contributed by atoms with van der Waals surface area (Å²) in [5, 5.41) is 4.30. The van der Waals surface area contributed by atoms with Gasteiger partial charge in [0, 0.05) is 55.5 Å². The average Bonchev–Trinajstić information content (AvgIpc) is 3.22. The Labute approximate surface area is 159 Å². The number of morpholine rings is 1. The molecule has 0 saturated carbocycles. The lowest BCUT2D eigenvalue weighted by Crippen LogP contribution is -2.37. The minimum atomic E-state index is 0.0780. The molecule has 3 aromatic rings. The zero-order chi connectivity index (χ0) is 18.5. The van der Waals surface area contributed by atoms with E-state index in [4.69, 9.17) is 9.47 Å². The number of benzene rings is 1. The molecule has 1 aromatic carbocycles. The normalized spacial score (nSPS) is 17.7. The molecule has 1 unspecified atom stereocenters. The minimum absolute atomic E-state index is 0.0780. The van der Waals surface area contributed by atoms with Crippen LogP contribution in [0, 0.1) is 0 Å². The van der Waals surface area contributed by atoms with E-state index in [0.29, 0.717) is 6.54 Å². The second-order valence-corrected chi connectivity index (χ2v) is 6.73. The Hall–Kier alpha value is -2.70. The monoisotopic (exact) mass is 364 g/mol. The van der Waals surface area contributed by atoms with Crippen molar-refractivity contribution in [3.05, 3.63) is 77.9 Å². The number of methoxy groups -OCH3 is 1. The van der Waals surface area contributed by atoms with E-state index in [-0.39, 0.29) is 6.10 Å². The van der Waals surface area contributed by atoms with Crippen LogP contribution < -0.4 is 4.74 Å². The van der Waals surface area contributed by atoms with Crippen LogP contribution in [0.1, 0.15) is 22.8 Å². The van der Waals surface area contributed by atoms with E-state index >= 15 is 0 Å². The highest BCUT2D eigenvalue weighted by molar-refractivity contribution is 5.37. The second kappa shape index (κ2) is 8.33. The SMILES string of the molecule is COc1ccc(CN2CCOC(c3cccnc3)C2)cc1Cn1cccn1. The zero-order valence-corrected chi connectivity index (χ0v) is 15.5. The van der Waals surface area contributed by atoms with Crippen LogP contribution in [-0.2, 0) is 17.8 Å². The number of hydrogen-bond donors (Lipinski definition) is 0. The molecule has 2 aromatic heterocycles.